The third-order valence-corrected chi connectivity index (χ3v) is 5.01. The van der Waals surface area contributed by atoms with Gasteiger partial charge in [-0.1, -0.05) is 0 Å². The van der Waals surface area contributed by atoms with E-state index in [1.165, 1.54) is 13.2 Å². The van der Waals surface area contributed by atoms with E-state index in [-0.39, 0.29) is 23.4 Å². The Labute approximate surface area is 176 Å². The molecule has 9 nitrogen and oxygen atoms in total. The molecule has 0 fully saturated rings. The second kappa shape index (κ2) is 8.95. The predicted octanol–water partition coefficient (Wildman–Crippen LogP) is 3.93. The number of anilines is 1. The topological polar surface area (TPSA) is 109 Å². The van der Waals surface area contributed by atoms with E-state index < -0.39 is 18.0 Å². The predicted molar refractivity (Wildman–Crippen MR) is 112 cm³/mol. The first-order valence-corrected chi connectivity index (χ1v) is 10.0. The number of rotatable bonds is 6. The number of benzene rings is 1. The van der Waals surface area contributed by atoms with Gasteiger partial charge in [-0.05, 0) is 51.1 Å². The van der Waals surface area contributed by atoms with E-state index in [4.69, 9.17) is 14.2 Å². The molecule has 0 radical (unpaired) electrons. The minimum atomic E-state index is -0.715. The number of hydrogen-bond acceptors (Lipinski definition) is 8. The van der Waals surface area contributed by atoms with E-state index in [2.05, 4.69) is 10.4 Å². The second-order valence-corrected chi connectivity index (χ2v) is 7.47. The number of ether oxygens (including phenoxy) is 3. The van der Waals surface area contributed by atoms with Crippen LogP contribution in [0.5, 0.6) is 5.75 Å². The lowest BCUT2D eigenvalue weighted by Gasteiger charge is -2.10. The largest absolute Gasteiger partial charge is 0.491 e. The minimum Gasteiger partial charge on any atom is -0.491 e. The van der Waals surface area contributed by atoms with E-state index in [1.54, 1.807) is 31.2 Å². The quantitative estimate of drug-likeness (QED) is 0.589. The molecule has 0 aliphatic carbocycles. The Kier molecular flexibility index (Phi) is 6.36. The van der Waals surface area contributed by atoms with Crippen molar-refractivity contribution in [3.63, 3.8) is 0 Å². The summed E-state index contributed by atoms with van der Waals surface area (Å²) in [5.41, 5.74) is 0.726. The Bertz CT molecular complexity index is 1080. The maximum absolute atomic E-state index is 12.7. The van der Waals surface area contributed by atoms with Crippen LogP contribution in [0.1, 0.15) is 40.8 Å². The summed E-state index contributed by atoms with van der Waals surface area (Å²) < 4.78 is 16.8. The number of nitrogens with one attached hydrogen (secondary N) is 1. The monoisotopic (exact) mass is 431 g/mol. The van der Waals surface area contributed by atoms with Gasteiger partial charge in [0, 0.05) is 5.56 Å². The third-order valence-electron chi connectivity index (χ3n) is 3.90. The van der Waals surface area contributed by atoms with Crippen LogP contribution in [0, 0.1) is 0 Å². The molecule has 0 spiro atoms. The minimum absolute atomic E-state index is 0.0210. The maximum Gasteiger partial charge on any atom is 0.435 e. The Hall–Kier alpha value is -3.40. The van der Waals surface area contributed by atoms with E-state index >= 15 is 0 Å². The summed E-state index contributed by atoms with van der Waals surface area (Å²) in [4.78, 5) is 37.1. The maximum atomic E-state index is 12.7. The average Bonchev–Trinajstić information content (AvgIpc) is 3.28. The van der Waals surface area contributed by atoms with Gasteiger partial charge in [0.15, 0.2) is 5.82 Å². The molecule has 158 valence electrons. The van der Waals surface area contributed by atoms with Crippen LogP contribution in [0.15, 0.2) is 30.3 Å². The van der Waals surface area contributed by atoms with Crippen LogP contribution >= 0.6 is 11.3 Å². The number of amides is 1. The number of fused-ring (bicyclic) bond motifs is 1. The van der Waals surface area contributed by atoms with Gasteiger partial charge in [0.1, 0.15) is 10.6 Å². The molecule has 1 amide bonds. The van der Waals surface area contributed by atoms with E-state index in [0.29, 0.717) is 21.5 Å². The van der Waals surface area contributed by atoms with Crippen molar-refractivity contribution in [2.24, 2.45) is 0 Å². The molecule has 0 atom stereocenters. The lowest BCUT2D eigenvalue weighted by atomic mass is 10.2. The van der Waals surface area contributed by atoms with Gasteiger partial charge in [-0.25, -0.2) is 9.59 Å². The van der Waals surface area contributed by atoms with Gasteiger partial charge in [-0.15, -0.1) is 16.4 Å². The Balaban J connectivity index is 1.92. The standard InChI is InChI=1S/C20H21N3O6S/c1-5-28-20(26)23-14-10-15(19(25)27-4)30-16(14)17(22-23)21-18(24)12-6-8-13(9-7-12)29-11(2)3/h6-11H,5H2,1-4H3,(H,21,22,24). The van der Waals surface area contributed by atoms with E-state index in [9.17, 15) is 14.4 Å². The first-order chi connectivity index (χ1) is 14.3. The fourth-order valence-electron chi connectivity index (χ4n) is 2.65. The highest BCUT2D eigenvalue weighted by atomic mass is 32.1. The van der Waals surface area contributed by atoms with E-state index in [1.807, 2.05) is 13.8 Å². The van der Waals surface area contributed by atoms with Crippen molar-refractivity contribution >= 4 is 45.3 Å². The number of methoxy groups -OCH3 is 1. The number of thiophene rings is 1. The normalized spacial score (nSPS) is 10.8. The zero-order valence-corrected chi connectivity index (χ0v) is 17.7. The molecule has 0 aliphatic heterocycles. The Morgan fingerprint density at radius 2 is 1.90 bits per heavy atom. The van der Waals surface area contributed by atoms with Crippen LogP contribution < -0.4 is 10.1 Å². The highest BCUT2D eigenvalue weighted by Gasteiger charge is 2.23. The van der Waals surface area contributed by atoms with Crippen molar-refractivity contribution in [2.45, 2.75) is 26.9 Å². The molecule has 0 aliphatic rings. The van der Waals surface area contributed by atoms with Crippen LogP contribution in [0.4, 0.5) is 10.6 Å². The number of nitrogens with zero attached hydrogens (tertiary/aromatic N) is 2. The highest BCUT2D eigenvalue weighted by Crippen LogP contribution is 2.33. The summed E-state index contributed by atoms with van der Waals surface area (Å²) in [7, 11) is 1.26. The van der Waals surface area contributed by atoms with Gasteiger partial charge in [0.05, 0.1) is 30.0 Å². The molecule has 10 heteroatoms. The SMILES string of the molecule is CCOC(=O)n1nc(NC(=O)c2ccc(OC(C)C)cc2)c2sc(C(=O)OC)cc21. The zero-order valence-electron chi connectivity index (χ0n) is 16.9. The second-order valence-electron chi connectivity index (χ2n) is 6.42. The lowest BCUT2D eigenvalue weighted by Crippen LogP contribution is -2.17. The smallest absolute Gasteiger partial charge is 0.435 e. The fraction of sp³-hybridized carbons (Fsp3) is 0.300. The number of hydrogen-bond donors (Lipinski definition) is 1. The molecule has 3 aromatic rings. The molecule has 2 heterocycles. The number of carbonyl (C=O) groups excluding carboxylic acids is 3. The summed E-state index contributed by atoms with van der Waals surface area (Å²) in [5, 5.41) is 6.85. The van der Waals surface area contributed by atoms with Crippen molar-refractivity contribution in [1.82, 2.24) is 9.78 Å². The molecule has 0 saturated heterocycles. The zero-order chi connectivity index (χ0) is 21.8. The van der Waals surface area contributed by atoms with Crippen molar-refractivity contribution in [2.75, 3.05) is 19.0 Å². The summed E-state index contributed by atoms with van der Waals surface area (Å²) in [6.07, 6.45) is -0.694. The average molecular weight is 431 g/mol. The molecule has 3 rings (SSSR count). The van der Waals surface area contributed by atoms with Crippen molar-refractivity contribution < 1.29 is 28.6 Å². The number of aromatic nitrogens is 2. The van der Waals surface area contributed by atoms with Crippen LogP contribution in [0.2, 0.25) is 0 Å². The highest BCUT2D eigenvalue weighted by molar-refractivity contribution is 7.21. The number of carbonyl (C=O) groups is 3. The van der Waals surface area contributed by atoms with Gasteiger partial charge in [0.2, 0.25) is 0 Å². The van der Waals surface area contributed by atoms with Crippen molar-refractivity contribution in [1.29, 1.82) is 0 Å². The molecule has 0 saturated carbocycles. The summed E-state index contributed by atoms with van der Waals surface area (Å²) in [6.45, 7) is 5.65. The molecular formula is C20H21N3O6S. The fourth-order valence-corrected chi connectivity index (χ4v) is 3.65. The first-order valence-electron chi connectivity index (χ1n) is 9.20. The van der Waals surface area contributed by atoms with E-state index in [0.717, 1.165) is 16.0 Å². The van der Waals surface area contributed by atoms with Crippen LogP contribution in [-0.2, 0) is 9.47 Å². The van der Waals surface area contributed by atoms with Gasteiger partial charge in [-0.3, -0.25) is 4.79 Å². The molecule has 1 N–H and O–H groups in total. The Morgan fingerprint density at radius 3 is 2.50 bits per heavy atom. The molecule has 2 aromatic heterocycles. The molecule has 0 bridgehead atoms. The van der Waals surface area contributed by atoms with Gasteiger partial charge in [-0.2, -0.15) is 4.68 Å². The van der Waals surface area contributed by atoms with Crippen LogP contribution in [-0.4, -0.2) is 47.6 Å². The van der Waals surface area contributed by atoms with Crippen molar-refractivity contribution in [3.8, 4) is 5.75 Å². The third kappa shape index (κ3) is 4.43. The molecule has 1 aromatic carbocycles. The molecular weight excluding hydrogens is 410 g/mol. The number of esters is 1. The lowest BCUT2D eigenvalue weighted by molar-refractivity contribution is 0.0606. The summed E-state index contributed by atoms with van der Waals surface area (Å²) >= 11 is 1.06. The molecule has 30 heavy (non-hydrogen) atoms. The first kappa shape index (κ1) is 21.3. The summed E-state index contributed by atoms with van der Waals surface area (Å²) in [5.74, 6) is -0.179. The van der Waals surface area contributed by atoms with Crippen LogP contribution in [0.25, 0.3) is 10.2 Å². The Morgan fingerprint density at radius 1 is 1.20 bits per heavy atom. The molecule has 0 unspecified atom stereocenters. The van der Waals surface area contributed by atoms with Crippen molar-refractivity contribution in [3.05, 3.63) is 40.8 Å². The van der Waals surface area contributed by atoms with Gasteiger partial charge < -0.3 is 19.5 Å². The van der Waals surface area contributed by atoms with Crippen LogP contribution in [0.3, 0.4) is 0 Å². The van der Waals surface area contributed by atoms with Gasteiger partial charge in [0.25, 0.3) is 5.91 Å². The summed E-state index contributed by atoms with van der Waals surface area (Å²) in [6, 6.07) is 8.12. The van der Waals surface area contributed by atoms with Gasteiger partial charge >= 0.3 is 12.1 Å².